The van der Waals surface area contributed by atoms with Crippen molar-refractivity contribution >= 4 is 17.2 Å². The fraction of sp³-hybridized carbons (Fsp3) is 0.125. The van der Waals surface area contributed by atoms with E-state index in [2.05, 4.69) is 0 Å². The predicted octanol–water partition coefficient (Wildman–Crippen LogP) is 3.13. The number of carbonyl (C=O) groups excluding carboxylic acids is 1. The van der Waals surface area contributed by atoms with Gasteiger partial charge >= 0.3 is 0 Å². The number of fused-ring (bicyclic) bond motifs is 1. The molecule has 0 aliphatic carbocycles. The van der Waals surface area contributed by atoms with E-state index >= 15 is 0 Å². The molecule has 0 N–H and O–H groups in total. The second-order valence-corrected chi connectivity index (χ2v) is 4.81. The van der Waals surface area contributed by atoms with Crippen LogP contribution in [0.1, 0.15) is 27.0 Å². The average Bonchev–Trinajstić information content (AvgIpc) is 2.63. The number of ketones is 1. The van der Waals surface area contributed by atoms with Crippen LogP contribution < -0.4 is 0 Å². The van der Waals surface area contributed by atoms with Crippen LogP contribution in [0.4, 0.5) is 5.69 Å². The van der Waals surface area contributed by atoms with Crippen LogP contribution in [0, 0.1) is 19.1 Å². The number of rotatable bonds is 1. The largest absolute Gasteiger partial charge is 0.618 e. The van der Waals surface area contributed by atoms with Gasteiger partial charge in [-0.3, -0.25) is 4.79 Å². The van der Waals surface area contributed by atoms with Gasteiger partial charge in [0.2, 0.25) is 5.69 Å². The molecule has 0 amide bonds. The van der Waals surface area contributed by atoms with Crippen LogP contribution in [0.15, 0.2) is 42.5 Å². The highest BCUT2D eigenvalue weighted by Gasteiger charge is 2.36. The van der Waals surface area contributed by atoms with E-state index in [0.717, 1.165) is 15.9 Å². The highest BCUT2D eigenvalue weighted by Crippen LogP contribution is 2.29. The van der Waals surface area contributed by atoms with Crippen molar-refractivity contribution < 1.29 is 9.53 Å². The molecule has 0 spiro atoms. The van der Waals surface area contributed by atoms with Crippen molar-refractivity contribution in [3.05, 3.63) is 69.9 Å². The molecule has 0 atom stereocenters. The van der Waals surface area contributed by atoms with Gasteiger partial charge in [-0.15, -0.1) is 0 Å². The molecule has 1 aliphatic rings. The third-order valence-electron chi connectivity index (χ3n) is 3.44. The van der Waals surface area contributed by atoms with Gasteiger partial charge in [-0.05, 0) is 37.1 Å². The summed E-state index contributed by atoms with van der Waals surface area (Å²) in [5.41, 5.74) is 3.76. The van der Waals surface area contributed by atoms with E-state index < -0.39 is 0 Å². The molecule has 0 saturated heterocycles. The maximum atomic E-state index is 12.4. The SMILES string of the molecule is Cc1ccc2c(c1)[N+]([O-])=C(c1ccccc1C)C2=O. The van der Waals surface area contributed by atoms with E-state index in [1.165, 1.54) is 0 Å². The minimum atomic E-state index is -0.195. The number of hydrogen-bond acceptors (Lipinski definition) is 2. The number of benzene rings is 2. The molecule has 1 aliphatic heterocycles. The molecule has 0 saturated carbocycles. The lowest BCUT2D eigenvalue weighted by Gasteiger charge is -2.04. The summed E-state index contributed by atoms with van der Waals surface area (Å²) in [6, 6.07) is 12.8. The average molecular weight is 251 g/mol. The van der Waals surface area contributed by atoms with Crippen molar-refractivity contribution in [1.29, 1.82) is 0 Å². The zero-order chi connectivity index (χ0) is 13.6. The Bertz CT molecular complexity index is 729. The molecule has 0 bridgehead atoms. The second-order valence-electron chi connectivity index (χ2n) is 4.81. The molecule has 2 aromatic carbocycles. The van der Waals surface area contributed by atoms with Crippen molar-refractivity contribution in [1.82, 2.24) is 0 Å². The number of hydrogen-bond donors (Lipinski definition) is 0. The monoisotopic (exact) mass is 251 g/mol. The summed E-state index contributed by atoms with van der Waals surface area (Å²) < 4.78 is 0.757. The van der Waals surface area contributed by atoms with Crippen LogP contribution in [0.2, 0.25) is 0 Å². The summed E-state index contributed by atoms with van der Waals surface area (Å²) in [4.78, 5) is 12.4. The normalized spacial score (nSPS) is 13.9. The van der Waals surface area contributed by atoms with Gasteiger partial charge in [0, 0.05) is 6.07 Å². The molecule has 0 radical (unpaired) electrons. The molecule has 3 heteroatoms. The maximum absolute atomic E-state index is 12.4. The van der Waals surface area contributed by atoms with Crippen LogP contribution in [0.5, 0.6) is 0 Å². The first-order chi connectivity index (χ1) is 9.09. The van der Waals surface area contributed by atoms with E-state index in [1.54, 1.807) is 12.1 Å². The first-order valence-electron chi connectivity index (χ1n) is 6.15. The maximum Gasteiger partial charge on any atom is 0.273 e. The lowest BCUT2D eigenvalue weighted by Crippen LogP contribution is -2.17. The topological polar surface area (TPSA) is 43.1 Å². The Morgan fingerprint density at radius 3 is 2.47 bits per heavy atom. The molecule has 3 rings (SSSR count). The van der Waals surface area contributed by atoms with E-state index in [1.807, 2.05) is 44.2 Å². The Labute approximate surface area is 111 Å². The molecule has 2 aromatic rings. The first-order valence-corrected chi connectivity index (χ1v) is 6.15. The standard InChI is InChI=1S/C16H13NO2/c1-10-7-8-13-14(9-10)17(19)15(16(13)18)12-6-4-3-5-11(12)2/h3-9H,1-2H3. The second kappa shape index (κ2) is 4.05. The molecular weight excluding hydrogens is 238 g/mol. The molecule has 0 aromatic heterocycles. The fourth-order valence-corrected chi connectivity index (χ4v) is 2.41. The smallest absolute Gasteiger partial charge is 0.273 e. The minimum Gasteiger partial charge on any atom is -0.618 e. The Morgan fingerprint density at radius 1 is 1.00 bits per heavy atom. The van der Waals surface area contributed by atoms with Gasteiger partial charge in [0.1, 0.15) is 5.56 Å². The summed E-state index contributed by atoms with van der Waals surface area (Å²) >= 11 is 0. The van der Waals surface area contributed by atoms with Crippen molar-refractivity contribution in [2.45, 2.75) is 13.8 Å². The van der Waals surface area contributed by atoms with Gasteiger partial charge in [0.25, 0.3) is 11.5 Å². The molecule has 0 unspecified atom stereocenters. The molecule has 1 heterocycles. The summed E-state index contributed by atoms with van der Waals surface area (Å²) in [6.45, 7) is 3.81. The van der Waals surface area contributed by atoms with Gasteiger partial charge in [-0.2, -0.15) is 4.74 Å². The Hall–Kier alpha value is -2.42. The Kier molecular flexibility index (Phi) is 2.49. The van der Waals surface area contributed by atoms with Crippen molar-refractivity contribution in [2.24, 2.45) is 0 Å². The molecule has 94 valence electrons. The first kappa shape index (κ1) is 11.7. The summed E-state index contributed by atoms with van der Waals surface area (Å²) in [6.07, 6.45) is 0. The zero-order valence-corrected chi connectivity index (χ0v) is 10.8. The fourth-order valence-electron chi connectivity index (χ4n) is 2.41. The van der Waals surface area contributed by atoms with E-state index in [9.17, 15) is 10.0 Å². The summed E-state index contributed by atoms with van der Waals surface area (Å²) in [7, 11) is 0. The lowest BCUT2D eigenvalue weighted by molar-refractivity contribution is -0.355. The van der Waals surface area contributed by atoms with Crippen LogP contribution in [-0.2, 0) is 0 Å². The summed E-state index contributed by atoms with van der Waals surface area (Å²) in [5, 5.41) is 12.4. The number of Topliss-reactive ketones (excluding diaryl/α,β-unsaturated/α-hetero) is 1. The summed E-state index contributed by atoms with van der Waals surface area (Å²) in [5.74, 6) is -0.195. The van der Waals surface area contributed by atoms with Gasteiger partial charge in [0.15, 0.2) is 0 Å². The third-order valence-corrected chi connectivity index (χ3v) is 3.44. The van der Waals surface area contributed by atoms with Crippen LogP contribution in [0.25, 0.3) is 0 Å². The number of nitrogens with zero attached hydrogens (tertiary/aromatic N) is 1. The highest BCUT2D eigenvalue weighted by atomic mass is 16.5. The number of carbonyl (C=O) groups is 1. The Morgan fingerprint density at radius 2 is 1.74 bits per heavy atom. The van der Waals surface area contributed by atoms with Crippen LogP contribution in [0.3, 0.4) is 0 Å². The minimum absolute atomic E-state index is 0.195. The molecule has 3 nitrogen and oxygen atoms in total. The zero-order valence-electron chi connectivity index (χ0n) is 10.8. The van der Waals surface area contributed by atoms with Gasteiger partial charge in [-0.1, -0.05) is 24.3 Å². The van der Waals surface area contributed by atoms with Gasteiger partial charge < -0.3 is 5.21 Å². The molecule has 19 heavy (non-hydrogen) atoms. The van der Waals surface area contributed by atoms with E-state index in [-0.39, 0.29) is 11.5 Å². The Balaban J connectivity index is 2.25. The van der Waals surface area contributed by atoms with Gasteiger partial charge in [0.05, 0.1) is 5.56 Å². The third kappa shape index (κ3) is 1.66. The lowest BCUT2D eigenvalue weighted by atomic mass is 9.99. The predicted molar refractivity (Wildman–Crippen MR) is 74.1 cm³/mol. The molecule has 0 fully saturated rings. The quantitative estimate of drug-likeness (QED) is 0.577. The van der Waals surface area contributed by atoms with Gasteiger partial charge in [-0.25, -0.2) is 0 Å². The van der Waals surface area contributed by atoms with Crippen molar-refractivity contribution in [3.8, 4) is 0 Å². The number of aryl methyl sites for hydroxylation is 2. The van der Waals surface area contributed by atoms with Crippen molar-refractivity contribution in [2.75, 3.05) is 0 Å². The van der Waals surface area contributed by atoms with Crippen LogP contribution in [-0.4, -0.2) is 16.2 Å². The van der Waals surface area contributed by atoms with Crippen molar-refractivity contribution in [3.63, 3.8) is 0 Å². The van der Waals surface area contributed by atoms with E-state index in [4.69, 9.17) is 0 Å². The highest BCUT2D eigenvalue weighted by molar-refractivity contribution is 6.52. The molecular formula is C16H13NO2. The van der Waals surface area contributed by atoms with Crippen LogP contribution >= 0.6 is 0 Å². The van der Waals surface area contributed by atoms with E-state index in [0.29, 0.717) is 16.8 Å².